The Morgan fingerprint density at radius 1 is 1.50 bits per heavy atom. The van der Waals surface area contributed by atoms with Gasteiger partial charge in [0.2, 0.25) is 0 Å². The maximum absolute atomic E-state index is 5.61. The monoisotopic (exact) mass is 217 g/mol. The van der Waals surface area contributed by atoms with Crippen LogP contribution < -0.4 is 0 Å². The molecule has 1 saturated heterocycles. The SMILES string of the molecule is CN(CC1CCCO1)CC(C)(C)CS. The van der Waals surface area contributed by atoms with E-state index in [9.17, 15) is 0 Å². The van der Waals surface area contributed by atoms with Crippen LogP contribution in [0.4, 0.5) is 0 Å². The van der Waals surface area contributed by atoms with Gasteiger partial charge in [0.25, 0.3) is 0 Å². The van der Waals surface area contributed by atoms with Crippen LogP contribution >= 0.6 is 12.6 Å². The van der Waals surface area contributed by atoms with Gasteiger partial charge in [0, 0.05) is 19.7 Å². The highest BCUT2D eigenvalue weighted by molar-refractivity contribution is 7.80. The maximum atomic E-state index is 5.61. The second-order valence-electron chi connectivity index (χ2n) is 5.15. The minimum Gasteiger partial charge on any atom is -0.377 e. The van der Waals surface area contributed by atoms with E-state index in [0.717, 1.165) is 25.4 Å². The van der Waals surface area contributed by atoms with Crippen molar-refractivity contribution in [2.45, 2.75) is 32.8 Å². The third-order valence-electron chi connectivity index (χ3n) is 2.67. The minimum absolute atomic E-state index is 0.302. The first-order valence-corrected chi connectivity index (χ1v) is 6.08. The fourth-order valence-corrected chi connectivity index (χ4v) is 2.08. The summed E-state index contributed by atoms with van der Waals surface area (Å²) in [5.74, 6) is 0.933. The number of ether oxygens (including phenoxy) is 1. The number of likely N-dealkylation sites (N-methyl/N-ethyl adjacent to an activating group) is 1. The number of hydrogen-bond donors (Lipinski definition) is 1. The van der Waals surface area contributed by atoms with Gasteiger partial charge in [0.15, 0.2) is 0 Å². The molecule has 1 fully saturated rings. The molecule has 0 aromatic rings. The molecule has 84 valence electrons. The lowest BCUT2D eigenvalue weighted by atomic mass is 9.95. The molecular weight excluding hydrogens is 194 g/mol. The maximum Gasteiger partial charge on any atom is 0.0702 e. The van der Waals surface area contributed by atoms with Crippen molar-refractivity contribution in [1.29, 1.82) is 0 Å². The summed E-state index contributed by atoms with van der Waals surface area (Å²) in [6.45, 7) is 7.63. The highest BCUT2D eigenvalue weighted by Crippen LogP contribution is 2.19. The summed E-state index contributed by atoms with van der Waals surface area (Å²) in [5, 5.41) is 0. The first-order valence-electron chi connectivity index (χ1n) is 5.44. The molecule has 0 amide bonds. The van der Waals surface area contributed by atoms with Crippen molar-refractivity contribution in [2.75, 3.05) is 32.5 Å². The van der Waals surface area contributed by atoms with E-state index >= 15 is 0 Å². The molecule has 0 radical (unpaired) electrons. The summed E-state index contributed by atoms with van der Waals surface area (Å²) < 4.78 is 5.61. The zero-order chi connectivity index (χ0) is 10.6. The van der Waals surface area contributed by atoms with Crippen molar-refractivity contribution in [3.8, 4) is 0 Å². The Morgan fingerprint density at radius 2 is 2.21 bits per heavy atom. The number of thiol groups is 1. The first kappa shape index (κ1) is 12.3. The van der Waals surface area contributed by atoms with E-state index in [1.165, 1.54) is 12.8 Å². The van der Waals surface area contributed by atoms with E-state index in [0.29, 0.717) is 11.5 Å². The largest absolute Gasteiger partial charge is 0.377 e. The minimum atomic E-state index is 0.302. The molecule has 1 aliphatic rings. The fourth-order valence-electron chi connectivity index (χ4n) is 1.98. The lowest BCUT2D eigenvalue weighted by Gasteiger charge is -2.30. The Hall–Kier alpha value is 0.270. The molecule has 0 saturated carbocycles. The summed E-state index contributed by atoms with van der Waals surface area (Å²) in [5.41, 5.74) is 0.302. The summed E-state index contributed by atoms with van der Waals surface area (Å²) in [6, 6.07) is 0. The summed E-state index contributed by atoms with van der Waals surface area (Å²) in [7, 11) is 2.17. The van der Waals surface area contributed by atoms with Gasteiger partial charge < -0.3 is 9.64 Å². The number of hydrogen-bond acceptors (Lipinski definition) is 3. The van der Waals surface area contributed by atoms with Crippen LogP contribution in [0.5, 0.6) is 0 Å². The lowest BCUT2D eigenvalue weighted by molar-refractivity contribution is 0.0720. The molecule has 1 atom stereocenters. The topological polar surface area (TPSA) is 12.5 Å². The van der Waals surface area contributed by atoms with Crippen LogP contribution in [0.15, 0.2) is 0 Å². The van der Waals surface area contributed by atoms with Crippen molar-refractivity contribution >= 4 is 12.6 Å². The van der Waals surface area contributed by atoms with E-state index < -0.39 is 0 Å². The molecule has 1 heterocycles. The molecule has 1 rings (SSSR count). The molecule has 1 aliphatic heterocycles. The zero-order valence-corrected chi connectivity index (χ0v) is 10.5. The van der Waals surface area contributed by atoms with Gasteiger partial charge in [0.1, 0.15) is 0 Å². The average molecular weight is 217 g/mol. The molecule has 0 aliphatic carbocycles. The third kappa shape index (κ3) is 4.20. The summed E-state index contributed by atoms with van der Waals surface area (Å²) >= 11 is 4.37. The number of rotatable bonds is 5. The van der Waals surface area contributed by atoms with Crippen LogP contribution in [0.2, 0.25) is 0 Å². The average Bonchev–Trinajstić information content (AvgIpc) is 2.55. The van der Waals surface area contributed by atoms with Gasteiger partial charge >= 0.3 is 0 Å². The molecule has 0 bridgehead atoms. The van der Waals surface area contributed by atoms with Gasteiger partial charge in [-0.25, -0.2) is 0 Å². The van der Waals surface area contributed by atoms with Gasteiger partial charge in [0.05, 0.1) is 6.10 Å². The molecule has 0 aromatic heterocycles. The molecule has 0 aromatic carbocycles. The second-order valence-corrected chi connectivity index (χ2v) is 5.47. The molecular formula is C11H23NOS. The van der Waals surface area contributed by atoms with Crippen molar-refractivity contribution in [1.82, 2.24) is 4.90 Å². The van der Waals surface area contributed by atoms with Crippen LogP contribution in [0.25, 0.3) is 0 Å². The Bertz CT molecular complexity index is 167. The predicted molar refractivity (Wildman–Crippen MR) is 64.1 cm³/mol. The molecule has 2 nitrogen and oxygen atoms in total. The third-order valence-corrected chi connectivity index (χ3v) is 3.52. The quantitative estimate of drug-likeness (QED) is 0.708. The normalized spacial score (nSPS) is 23.4. The Balaban J connectivity index is 2.23. The van der Waals surface area contributed by atoms with Gasteiger partial charge in [-0.15, -0.1) is 0 Å². The van der Waals surface area contributed by atoms with Crippen molar-refractivity contribution in [3.05, 3.63) is 0 Å². The smallest absolute Gasteiger partial charge is 0.0702 e. The van der Waals surface area contributed by atoms with Gasteiger partial charge in [-0.2, -0.15) is 12.6 Å². The van der Waals surface area contributed by atoms with E-state index in [2.05, 4.69) is 38.4 Å². The van der Waals surface area contributed by atoms with E-state index in [1.54, 1.807) is 0 Å². The molecule has 1 unspecified atom stereocenters. The van der Waals surface area contributed by atoms with E-state index in [1.807, 2.05) is 0 Å². The van der Waals surface area contributed by atoms with E-state index in [4.69, 9.17) is 4.74 Å². The van der Waals surface area contributed by atoms with Crippen molar-refractivity contribution in [3.63, 3.8) is 0 Å². The molecule has 0 spiro atoms. The van der Waals surface area contributed by atoms with Gasteiger partial charge in [-0.05, 0) is 31.1 Å². The van der Waals surface area contributed by atoms with Crippen molar-refractivity contribution in [2.24, 2.45) is 5.41 Å². The van der Waals surface area contributed by atoms with Crippen LogP contribution in [-0.2, 0) is 4.74 Å². The molecule has 14 heavy (non-hydrogen) atoms. The van der Waals surface area contributed by atoms with Crippen molar-refractivity contribution < 1.29 is 4.74 Å². The highest BCUT2D eigenvalue weighted by atomic mass is 32.1. The summed E-state index contributed by atoms with van der Waals surface area (Å²) in [4.78, 5) is 2.37. The predicted octanol–water partition coefficient (Wildman–Crippen LogP) is 2.05. The van der Waals surface area contributed by atoms with Gasteiger partial charge in [-0.1, -0.05) is 13.8 Å². The Morgan fingerprint density at radius 3 is 2.71 bits per heavy atom. The van der Waals surface area contributed by atoms with E-state index in [-0.39, 0.29) is 0 Å². The first-order chi connectivity index (χ1) is 6.53. The molecule has 3 heteroatoms. The van der Waals surface area contributed by atoms with Crippen LogP contribution in [0.1, 0.15) is 26.7 Å². The Labute approximate surface area is 93.4 Å². The van der Waals surface area contributed by atoms with Crippen LogP contribution in [-0.4, -0.2) is 43.5 Å². The second kappa shape index (κ2) is 5.38. The Kier molecular flexibility index (Phi) is 4.74. The number of nitrogens with zero attached hydrogens (tertiary/aromatic N) is 1. The lowest BCUT2D eigenvalue weighted by Crippen LogP contribution is -2.37. The zero-order valence-electron chi connectivity index (χ0n) is 9.62. The van der Waals surface area contributed by atoms with Crippen LogP contribution in [0, 0.1) is 5.41 Å². The summed E-state index contributed by atoms with van der Waals surface area (Å²) in [6.07, 6.45) is 2.93. The van der Waals surface area contributed by atoms with Crippen LogP contribution in [0.3, 0.4) is 0 Å². The standard InChI is InChI=1S/C11H23NOS/c1-11(2,9-14)8-12(3)7-10-5-4-6-13-10/h10,14H,4-9H2,1-3H3. The highest BCUT2D eigenvalue weighted by Gasteiger charge is 2.22. The van der Waals surface area contributed by atoms with Gasteiger partial charge in [-0.3, -0.25) is 0 Å². The molecule has 0 N–H and O–H groups in total. The fraction of sp³-hybridized carbons (Fsp3) is 1.00.